The normalized spacial score (nSPS) is 16.6. The second kappa shape index (κ2) is 7.45. The molecule has 1 aromatic carbocycles. The van der Waals surface area contributed by atoms with Crippen molar-refractivity contribution >= 4 is 21.4 Å². The number of hydrogen-bond donors (Lipinski definition) is 1. The van der Waals surface area contributed by atoms with Gasteiger partial charge < -0.3 is 10.0 Å². The molecule has 0 aromatic heterocycles. The Morgan fingerprint density at radius 3 is 2.50 bits per heavy atom. The Bertz CT molecular complexity index is 699. The number of piperidine rings is 1. The van der Waals surface area contributed by atoms with Gasteiger partial charge in [0.1, 0.15) is 5.69 Å². The van der Waals surface area contributed by atoms with Crippen LogP contribution < -0.4 is 4.90 Å². The molecule has 1 aromatic rings. The van der Waals surface area contributed by atoms with Crippen LogP contribution in [0.3, 0.4) is 0 Å². The van der Waals surface area contributed by atoms with Crippen LogP contribution in [0, 0.1) is 10.1 Å². The average Bonchev–Trinajstić information content (AvgIpc) is 2.60. The molecule has 24 heavy (non-hydrogen) atoms. The lowest BCUT2D eigenvalue weighted by atomic mass is 10.0. The monoisotopic (exact) mass is 357 g/mol. The van der Waals surface area contributed by atoms with Crippen LogP contribution in [0.2, 0.25) is 0 Å². The molecule has 8 nitrogen and oxygen atoms in total. The number of hydrogen-bond acceptors (Lipinski definition) is 6. The molecule has 1 N–H and O–H groups in total. The van der Waals surface area contributed by atoms with Gasteiger partial charge in [-0.05, 0) is 37.5 Å². The molecular weight excluding hydrogens is 334 g/mol. The molecule has 0 unspecified atom stereocenters. The van der Waals surface area contributed by atoms with E-state index >= 15 is 0 Å². The Labute approximate surface area is 141 Å². The van der Waals surface area contributed by atoms with E-state index in [1.807, 2.05) is 4.90 Å². The van der Waals surface area contributed by atoms with Gasteiger partial charge in [0, 0.05) is 32.2 Å². The summed E-state index contributed by atoms with van der Waals surface area (Å²) in [4.78, 5) is 12.7. The van der Waals surface area contributed by atoms with Crippen molar-refractivity contribution in [2.75, 3.05) is 30.8 Å². The van der Waals surface area contributed by atoms with E-state index in [1.165, 1.54) is 16.4 Å². The topological polar surface area (TPSA) is 104 Å². The summed E-state index contributed by atoms with van der Waals surface area (Å²) >= 11 is 0. The van der Waals surface area contributed by atoms with Crippen molar-refractivity contribution in [2.24, 2.45) is 0 Å². The third-order valence-corrected chi connectivity index (χ3v) is 6.45. The molecule has 0 radical (unpaired) electrons. The SMILES string of the molecule is CCS(=O)(=O)N(C)C1CCN(c2cc(CO)ccc2[N+](=O)[O-])CC1. The van der Waals surface area contributed by atoms with E-state index in [0.29, 0.717) is 37.2 Å². The van der Waals surface area contributed by atoms with Crippen LogP contribution in [0.1, 0.15) is 25.3 Å². The van der Waals surface area contributed by atoms with Crippen molar-refractivity contribution in [1.82, 2.24) is 4.31 Å². The lowest BCUT2D eigenvalue weighted by Crippen LogP contribution is -2.46. The van der Waals surface area contributed by atoms with Gasteiger partial charge in [-0.25, -0.2) is 12.7 Å². The Hall–Kier alpha value is -1.71. The number of aliphatic hydroxyl groups excluding tert-OH is 1. The van der Waals surface area contributed by atoms with Crippen LogP contribution in [0.5, 0.6) is 0 Å². The summed E-state index contributed by atoms with van der Waals surface area (Å²) in [6, 6.07) is 4.48. The van der Waals surface area contributed by atoms with Crippen molar-refractivity contribution in [3.05, 3.63) is 33.9 Å². The highest BCUT2D eigenvalue weighted by Crippen LogP contribution is 2.32. The van der Waals surface area contributed by atoms with Gasteiger partial charge in [-0.15, -0.1) is 0 Å². The van der Waals surface area contributed by atoms with Gasteiger partial charge in [-0.1, -0.05) is 0 Å². The largest absolute Gasteiger partial charge is 0.392 e. The van der Waals surface area contributed by atoms with Crippen LogP contribution >= 0.6 is 0 Å². The predicted molar refractivity (Wildman–Crippen MR) is 91.5 cm³/mol. The Balaban J connectivity index is 2.16. The molecule has 9 heteroatoms. The maximum atomic E-state index is 12.0. The van der Waals surface area contributed by atoms with Gasteiger partial charge in [0.15, 0.2) is 0 Å². The van der Waals surface area contributed by atoms with Crippen LogP contribution in [0.15, 0.2) is 18.2 Å². The Morgan fingerprint density at radius 2 is 2.00 bits per heavy atom. The second-order valence-corrected chi connectivity index (χ2v) is 8.19. The molecule has 1 saturated heterocycles. The quantitative estimate of drug-likeness (QED) is 0.608. The summed E-state index contributed by atoms with van der Waals surface area (Å²) in [5.41, 5.74) is 1.09. The number of rotatable bonds is 6. The molecule has 1 aliphatic heterocycles. The zero-order valence-corrected chi connectivity index (χ0v) is 14.7. The van der Waals surface area contributed by atoms with Gasteiger partial charge in [0.25, 0.3) is 5.69 Å². The fourth-order valence-electron chi connectivity index (χ4n) is 2.98. The molecule has 134 valence electrons. The number of sulfonamides is 1. The van der Waals surface area contributed by atoms with Gasteiger partial charge in [0.2, 0.25) is 10.0 Å². The van der Waals surface area contributed by atoms with E-state index in [0.717, 1.165) is 0 Å². The number of nitrogens with zero attached hydrogens (tertiary/aromatic N) is 3. The lowest BCUT2D eigenvalue weighted by Gasteiger charge is -2.37. The highest BCUT2D eigenvalue weighted by Gasteiger charge is 2.30. The first-order valence-electron chi connectivity index (χ1n) is 7.89. The third-order valence-electron chi connectivity index (χ3n) is 4.54. The van der Waals surface area contributed by atoms with E-state index in [4.69, 9.17) is 0 Å². The number of anilines is 1. The maximum Gasteiger partial charge on any atom is 0.292 e. The minimum absolute atomic E-state index is 0.000171. The van der Waals surface area contributed by atoms with Crippen LogP contribution in [-0.4, -0.2) is 54.7 Å². The molecule has 1 heterocycles. The van der Waals surface area contributed by atoms with E-state index < -0.39 is 14.9 Å². The smallest absolute Gasteiger partial charge is 0.292 e. The van der Waals surface area contributed by atoms with Crippen molar-refractivity contribution in [2.45, 2.75) is 32.4 Å². The van der Waals surface area contributed by atoms with Crippen molar-refractivity contribution < 1.29 is 18.4 Å². The number of nitro benzene ring substituents is 1. The zero-order valence-electron chi connectivity index (χ0n) is 13.9. The summed E-state index contributed by atoms with van der Waals surface area (Å²) < 4.78 is 25.4. The highest BCUT2D eigenvalue weighted by molar-refractivity contribution is 7.89. The molecule has 0 atom stereocenters. The van der Waals surface area contributed by atoms with Crippen LogP contribution in [-0.2, 0) is 16.6 Å². The minimum atomic E-state index is -3.24. The summed E-state index contributed by atoms with van der Waals surface area (Å²) in [5.74, 6) is 0.0632. The molecule has 1 aliphatic rings. The number of benzene rings is 1. The van der Waals surface area contributed by atoms with E-state index in [1.54, 1.807) is 20.0 Å². The Morgan fingerprint density at radius 1 is 1.38 bits per heavy atom. The van der Waals surface area contributed by atoms with Crippen LogP contribution in [0.4, 0.5) is 11.4 Å². The molecule has 0 aliphatic carbocycles. The summed E-state index contributed by atoms with van der Waals surface area (Å²) in [6.07, 6.45) is 1.21. The molecule has 0 saturated carbocycles. The third kappa shape index (κ3) is 3.85. The fraction of sp³-hybridized carbons (Fsp3) is 0.600. The molecule has 0 spiro atoms. The molecule has 1 fully saturated rings. The zero-order chi connectivity index (χ0) is 17.9. The van der Waals surface area contributed by atoms with Crippen molar-refractivity contribution in [3.63, 3.8) is 0 Å². The lowest BCUT2D eigenvalue weighted by molar-refractivity contribution is -0.384. The number of nitro groups is 1. The van der Waals surface area contributed by atoms with Gasteiger partial charge in [0.05, 0.1) is 17.3 Å². The fourth-order valence-corrected chi connectivity index (χ4v) is 4.05. The van der Waals surface area contributed by atoms with Gasteiger partial charge in [-0.3, -0.25) is 10.1 Å². The molecular formula is C15H23N3O5S. The van der Waals surface area contributed by atoms with Crippen LogP contribution in [0.25, 0.3) is 0 Å². The first-order chi connectivity index (χ1) is 11.3. The molecule has 0 amide bonds. The second-order valence-electron chi connectivity index (χ2n) is 5.87. The Kier molecular flexibility index (Phi) is 5.79. The van der Waals surface area contributed by atoms with Crippen molar-refractivity contribution in [1.29, 1.82) is 0 Å². The molecule has 0 bridgehead atoms. The molecule has 2 rings (SSSR count). The standard InChI is InChI=1S/C15H23N3O5S/c1-3-24(22,23)16(2)13-6-8-17(9-7-13)15-10-12(11-19)4-5-14(15)18(20)21/h4-5,10,13,19H,3,6-9,11H2,1-2H3. The number of aliphatic hydroxyl groups is 1. The first kappa shape index (κ1) is 18.6. The van der Waals surface area contributed by atoms with Crippen molar-refractivity contribution in [3.8, 4) is 0 Å². The average molecular weight is 357 g/mol. The van der Waals surface area contributed by atoms with E-state index in [2.05, 4.69) is 0 Å². The van der Waals surface area contributed by atoms with E-state index in [-0.39, 0.29) is 24.1 Å². The van der Waals surface area contributed by atoms with E-state index in [9.17, 15) is 23.6 Å². The maximum absolute atomic E-state index is 12.0. The summed E-state index contributed by atoms with van der Waals surface area (Å²) in [7, 11) is -1.65. The summed E-state index contributed by atoms with van der Waals surface area (Å²) in [6.45, 7) is 2.50. The first-order valence-corrected chi connectivity index (χ1v) is 9.50. The highest BCUT2D eigenvalue weighted by atomic mass is 32.2. The minimum Gasteiger partial charge on any atom is -0.392 e. The van der Waals surface area contributed by atoms with Gasteiger partial charge >= 0.3 is 0 Å². The summed E-state index contributed by atoms with van der Waals surface area (Å²) in [5, 5.41) is 20.5. The predicted octanol–water partition coefficient (Wildman–Crippen LogP) is 1.34. The van der Waals surface area contributed by atoms with Gasteiger partial charge in [-0.2, -0.15) is 0 Å².